The topological polar surface area (TPSA) is 84.5 Å². The van der Waals surface area contributed by atoms with Crippen LogP contribution >= 0.6 is 0 Å². The first-order valence-electron chi connectivity index (χ1n) is 7.07. The van der Waals surface area contributed by atoms with Crippen molar-refractivity contribution in [2.24, 2.45) is 0 Å². The summed E-state index contributed by atoms with van der Waals surface area (Å²) in [5.41, 5.74) is 1.23. The summed E-state index contributed by atoms with van der Waals surface area (Å²) in [6.07, 6.45) is -0.620. The molecule has 1 aliphatic rings. The average Bonchev–Trinajstić information content (AvgIpc) is 2.49. The van der Waals surface area contributed by atoms with Crippen molar-refractivity contribution in [1.82, 2.24) is 0 Å². The summed E-state index contributed by atoms with van der Waals surface area (Å²) in [4.78, 5) is 12.0. The van der Waals surface area contributed by atoms with Crippen LogP contribution in [-0.4, -0.2) is 20.4 Å². The summed E-state index contributed by atoms with van der Waals surface area (Å²) < 4.78 is 33.2. The van der Waals surface area contributed by atoms with E-state index in [9.17, 15) is 13.2 Å². The van der Waals surface area contributed by atoms with Gasteiger partial charge in [-0.1, -0.05) is 24.3 Å². The number of hydrogen-bond donors (Lipinski definition) is 2. The van der Waals surface area contributed by atoms with Gasteiger partial charge < -0.3 is 10.1 Å². The van der Waals surface area contributed by atoms with Crippen LogP contribution in [0.5, 0.6) is 5.75 Å². The molecule has 2 aromatic carbocycles. The molecule has 1 aliphatic heterocycles. The lowest BCUT2D eigenvalue weighted by molar-refractivity contribution is -0.122. The number of fused-ring (bicyclic) bond motifs is 1. The number of carbonyl (C=O) groups is 1. The van der Waals surface area contributed by atoms with Gasteiger partial charge in [0.2, 0.25) is 0 Å². The largest absolute Gasteiger partial charge is 0.479 e. The Morgan fingerprint density at radius 2 is 1.87 bits per heavy atom. The fourth-order valence-corrected chi connectivity index (χ4v) is 3.69. The van der Waals surface area contributed by atoms with Crippen LogP contribution in [0.15, 0.2) is 47.4 Å². The molecule has 6 nitrogen and oxygen atoms in total. The Morgan fingerprint density at radius 3 is 2.61 bits per heavy atom. The van der Waals surface area contributed by atoms with Crippen molar-refractivity contribution >= 4 is 27.3 Å². The summed E-state index contributed by atoms with van der Waals surface area (Å²) in [7, 11) is -3.77. The van der Waals surface area contributed by atoms with Crippen molar-refractivity contribution in [3.8, 4) is 5.75 Å². The van der Waals surface area contributed by atoms with Gasteiger partial charge in [0.05, 0.1) is 10.6 Å². The van der Waals surface area contributed by atoms with E-state index < -0.39 is 16.1 Å². The molecule has 23 heavy (non-hydrogen) atoms. The molecule has 1 unspecified atom stereocenters. The first-order chi connectivity index (χ1) is 10.9. The Hall–Kier alpha value is -2.54. The Kier molecular flexibility index (Phi) is 3.73. The van der Waals surface area contributed by atoms with Crippen molar-refractivity contribution in [2.75, 3.05) is 10.0 Å². The highest BCUT2D eigenvalue weighted by atomic mass is 32.2. The van der Waals surface area contributed by atoms with Gasteiger partial charge in [0, 0.05) is 0 Å². The molecular weight excluding hydrogens is 316 g/mol. The van der Waals surface area contributed by atoms with Crippen LogP contribution in [0.3, 0.4) is 0 Å². The number of sulfonamides is 1. The highest BCUT2D eigenvalue weighted by Gasteiger charge is 2.27. The molecule has 0 bridgehead atoms. The molecule has 0 saturated carbocycles. The normalized spacial score (nSPS) is 17.0. The fraction of sp³-hybridized carbons (Fsp3) is 0.188. The van der Waals surface area contributed by atoms with Gasteiger partial charge in [0.25, 0.3) is 15.9 Å². The van der Waals surface area contributed by atoms with Crippen molar-refractivity contribution in [1.29, 1.82) is 0 Å². The predicted molar refractivity (Wildman–Crippen MR) is 87.1 cm³/mol. The molecule has 0 radical (unpaired) electrons. The highest BCUT2D eigenvalue weighted by Crippen LogP contribution is 2.37. The zero-order valence-electron chi connectivity index (χ0n) is 12.7. The zero-order chi connectivity index (χ0) is 16.6. The molecule has 1 amide bonds. The van der Waals surface area contributed by atoms with E-state index >= 15 is 0 Å². The van der Waals surface area contributed by atoms with Crippen molar-refractivity contribution in [3.05, 3.63) is 48.0 Å². The number of benzene rings is 2. The Labute approximate surface area is 134 Å². The van der Waals surface area contributed by atoms with E-state index in [2.05, 4.69) is 10.0 Å². The first kappa shape index (κ1) is 15.4. The molecule has 7 heteroatoms. The lowest BCUT2D eigenvalue weighted by Crippen LogP contribution is -2.34. The molecule has 2 aromatic rings. The number of para-hydroxylation sites is 1. The number of anilines is 2. The summed E-state index contributed by atoms with van der Waals surface area (Å²) >= 11 is 0. The van der Waals surface area contributed by atoms with Gasteiger partial charge >= 0.3 is 0 Å². The highest BCUT2D eigenvalue weighted by molar-refractivity contribution is 7.92. The van der Waals surface area contributed by atoms with E-state index in [1.54, 1.807) is 50.2 Å². The van der Waals surface area contributed by atoms with Gasteiger partial charge in [-0.25, -0.2) is 8.42 Å². The van der Waals surface area contributed by atoms with Crippen LogP contribution in [0.25, 0.3) is 0 Å². The molecular formula is C16H16N2O4S. The molecule has 0 aliphatic carbocycles. The lowest BCUT2D eigenvalue weighted by atomic mass is 10.2. The minimum Gasteiger partial charge on any atom is -0.479 e. The molecule has 3 rings (SSSR count). The molecule has 0 spiro atoms. The zero-order valence-corrected chi connectivity index (χ0v) is 13.5. The van der Waals surface area contributed by atoms with Crippen LogP contribution in [0.2, 0.25) is 0 Å². The third-order valence-electron chi connectivity index (χ3n) is 3.57. The Bertz CT molecular complexity index is 877. The lowest BCUT2D eigenvalue weighted by Gasteiger charge is -2.25. The van der Waals surface area contributed by atoms with Crippen LogP contribution < -0.4 is 14.8 Å². The van der Waals surface area contributed by atoms with Gasteiger partial charge in [0.1, 0.15) is 11.4 Å². The molecule has 0 fully saturated rings. The van der Waals surface area contributed by atoms with Crippen molar-refractivity contribution in [2.45, 2.75) is 24.8 Å². The molecule has 2 N–H and O–H groups in total. The van der Waals surface area contributed by atoms with Crippen LogP contribution in [0.4, 0.5) is 11.4 Å². The summed E-state index contributed by atoms with van der Waals surface area (Å²) in [6, 6.07) is 11.6. The van der Waals surface area contributed by atoms with Crippen LogP contribution in [0, 0.1) is 6.92 Å². The number of hydrogen-bond acceptors (Lipinski definition) is 4. The third kappa shape index (κ3) is 2.87. The van der Waals surface area contributed by atoms with Gasteiger partial charge in [-0.15, -0.1) is 0 Å². The molecule has 120 valence electrons. The molecule has 0 saturated heterocycles. The minimum atomic E-state index is -3.77. The number of ether oxygens (including phenoxy) is 1. The first-order valence-corrected chi connectivity index (χ1v) is 8.56. The maximum absolute atomic E-state index is 12.6. The van der Waals surface area contributed by atoms with Crippen LogP contribution in [-0.2, 0) is 14.8 Å². The molecule has 0 aromatic heterocycles. The van der Waals surface area contributed by atoms with E-state index in [1.165, 1.54) is 6.07 Å². The quantitative estimate of drug-likeness (QED) is 0.904. The third-order valence-corrected chi connectivity index (χ3v) is 5.10. The standard InChI is InChI=1S/C16H16N2O4S/c1-10-6-3-4-9-14(10)23(20,21)18-12-7-5-8-13-15(12)17-16(19)11(2)22-13/h3-9,11,18H,1-2H3,(H,17,19). The predicted octanol–water partition coefficient (Wildman–Crippen LogP) is 2.52. The second-order valence-corrected chi connectivity index (χ2v) is 6.95. The van der Waals surface area contributed by atoms with E-state index in [0.717, 1.165) is 0 Å². The molecule has 1 heterocycles. The monoisotopic (exact) mass is 332 g/mol. The number of carbonyl (C=O) groups excluding carboxylic acids is 1. The van der Waals surface area contributed by atoms with E-state index in [4.69, 9.17) is 4.74 Å². The number of amides is 1. The molecule has 1 atom stereocenters. The summed E-state index contributed by atoms with van der Waals surface area (Å²) in [5, 5.41) is 2.68. The van der Waals surface area contributed by atoms with Gasteiger partial charge in [-0.3, -0.25) is 9.52 Å². The van der Waals surface area contributed by atoms with E-state index in [1.807, 2.05) is 0 Å². The fourth-order valence-electron chi connectivity index (χ4n) is 2.37. The second-order valence-electron chi connectivity index (χ2n) is 5.30. The Morgan fingerprint density at radius 1 is 1.13 bits per heavy atom. The second kappa shape index (κ2) is 5.58. The van der Waals surface area contributed by atoms with Crippen molar-refractivity contribution in [3.63, 3.8) is 0 Å². The van der Waals surface area contributed by atoms with Gasteiger partial charge in [0.15, 0.2) is 6.10 Å². The van der Waals surface area contributed by atoms with Gasteiger partial charge in [-0.2, -0.15) is 0 Å². The van der Waals surface area contributed by atoms with Gasteiger partial charge in [-0.05, 0) is 37.6 Å². The maximum atomic E-state index is 12.6. The summed E-state index contributed by atoms with van der Waals surface area (Å²) in [5.74, 6) is 0.113. The smallest absolute Gasteiger partial charge is 0.265 e. The van der Waals surface area contributed by atoms with Crippen molar-refractivity contribution < 1.29 is 17.9 Å². The number of aryl methyl sites for hydroxylation is 1. The SMILES string of the molecule is Cc1ccccc1S(=O)(=O)Nc1cccc2c1NC(=O)C(C)O2. The number of rotatable bonds is 3. The number of nitrogens with one attached hydrogen (secondary N) is 2. The van der Waals surface area contributed by atoms with Crippen LogP contribution in [0.1, 0.15) is 12.5 Å². The van der Waals surface area contributed by atoms with E-state index in [0.29, 0.717) is 17.0 Å². The average molecular weight is 332 g/mol. The summed E-state index contributed by atoms with van der Waals surface area (Å²) in [6.45, 7) is 3.35. The maximum Gasteiger partial charge on any atom is 0.265 e. The van der Waals surface area contributed by atoms with E-state index in [-0.39, 0.29) is 16.5 Å². The Balaban J connectivity index is 2.00. The minimum absolute atomic E-state index is 0.189.